The lowest BCUT2D eigenvalue weighted by atomic mass is 9.97. The van der Waals surface area contributed by atoms with Gasteiger partial charge in [0.15, 0.2) is 17.3 Å². The summed E-state index contributed by atoms with van der Waals surface area (Å²) >= 11 is 0. The number of hydrogen-bond donors (Lipinski definition) is 6. The molecule has 0 unspecified atom stereocenters. The van der Waals surface area contributed by atoms with Crippen molar-refractivity contribution in [2.24, 2.45) is 0 Å². The van der Waals surface area contributed by atoms with Gasteiger partial charge in [-0.2, -0.15) is 0 Å². The van der Waals surface area contributed by atoms with Gasteiger partial charge in [0.05, 0.1) is 59.5 Å². The number of rotatable bonds is 24. The van der Waals surface area contributed by atoms with Gasteiger partial charge in [0, 0.05) is 16.7 Å². The topological polar surface area (TPSA) is 228 Å². The second-order valence-corrected chi connectivity index (χ2v) is 13.8. The summed E-state index contributed by atoms with van der Waals surface area (Å²) in [5, 5.41) is 54.4. The summed E-state index contributed by atoms with van der Waals surface area (Å²) in [5.41, 5.74) is -2.81. The van der Waals surface area contributed by atoms with Crippen LogP contribution in [0.1, 0.15) is 72.6 Å². The van der Waals surface area contributed by atoms with Gasteiger partial charge in [-0.15, -0.1) is 0 Å². The minimum atomic E-state index is -1.38. The number of aliphatic hydroxyl groups is 6. The zero-order valence-corrected chi connectivity index (χ0v) is 33.8. The molecule has 0 aliphatic rings. The van der Waals surface area contributed by atoms with Crippen LogP contribution >= 0.6 is 0 Å². The molecule has 0 aliphatic heterocycles. The van der Waals surface area contributed by atoms with Gasteiger partial charge in [-0.25, -0.2) is 0 Å². The molecule has 0 aromatic heterocycles. The first kappa shape index (κ1) is 50.7. The first-order valence-corrected chi connectivity index (χ1v) is 18.4. The third-order valence-corrected chi connectivity index (χ3v) is 7.21. The molecule has 0 spiro atoms. The zero-order valence-electron chi connectivity index (χ0n) is 33.8. The minimum absolute atomic E-state index is 0.00620. The number of aliphatic hydroxyl groups excluding tert-OH is 3. The van der Waals surface area contributed by atoms with E-state index in [0.29, 0.717) is 86.8 Å². The summed E-state index contributed by atoms with van der Waals surface area (Å²) in [5.74, 6) is 0.852. The molecule has 0 radical (unpaired) electrons. The lowest BCUT2D eigenvalue weighted by Gasteiger charge is -2.15. The highest BCUT2D eigenvalue weighted by molar-refractivity contribution is 6.02. The summed E-state index contributed by atoms with van der Waals surface area (Å²) in [7, 11) is 0. The smallest absolute Gasteiger partial charge is 0.193 e. The fourth-order valence-electron chi connectivity index (χ4n) is 4.32. The molecule has 0 saturated carbocycles. The number of ether oxygens (including phenoxy) is 6. The standard InChI is InChI=1S/C16H24O6.C14H20O5.C12H16O4/c1-16(2,19)15(18)13-3-5-14(6-4-13)22-12-11-21-10-9-20-8-7-17;1-14(2,17)13(16)11-3-5-12(6-4-11)19-10-9-18-8-7-15;1-12(2,15)11(14)9-3-5-10(6-4-9)16-8-7-13/h3-6,17,19H,7-12H2,1-2H3;3-6,15,17H,7-10H2,1-2H3;3-6,13,15H,7-8H2,1-2H3. The lowest BCUT2D eigenvalue weighted by molar-refractivity contribution is 0.0247. The molecular weight excluding hydrogens is 744 g/mol. The predicted molar refractivity (Wildman–Crippen MR) is 211 cm³/mol. The molecule has 15 heteroatoms. The van der Waals surface area contributed by atoms with E-state index in [-0.39, 0.29) is 43.8 Å². The van der Waals surface area contributed by atoms with E-state index in [0.717, 1.165) is 0 Å². The van der Waals surface area contributed by atoms with Crippen molar-refractivity contribution in [1.82, 2.24) is 0 Å². The molecule has 6 N–H and O–H groups in total. The average molecular weight is 805 g/mol. The number of benzene rings is 3. The first-order chi connectivity index (χ1) is 26.8. The van der Waals surface area contributed by atoms with Crippen LogP contribution in [0.5, 0.6) is 17.2 Å². The molecule has 3 aromatic rings. The maximum Gasteiger partial charge on any atom is 0.193 e. The molecule has 318 valence electrons. The van der Waals surface area contributed by atoms with E-state index >= 15 is 0 Å². The maximum atomic E-state index is 11.8. The van der Waals surface area contributed by atoms with Crippen molar-refractivity contribution >= 4 is 17.3 Å². The summed E-state index contributed by atoms with van der Waals surface area (Å²) in [6.45, 7) is 12.0. The van der Waals surface area contributed by atoms with Crippen LogP contribution in [-0.4, -0.2) is 144 Å². The van der Waals surface area contributed by atoms with Crippen LogP contribution in [-0.2, 0) is 14.2 Å². The summed E-state index contributed by atoms with van der Waals surface area (Å²) in [4.78, 5) is 35.3. The Morgan fingerprint density at radius 3 is 0.860 bits per heavy atom. The maximum absolute atomic E-state index is 11.8. The Labute approximate surface area is 334 Å². The molecule has 0 aliphatic carbocycles. The summed E-state index contributed by atoms with van der Waals surface area (Å²) in [6.07, 6.45) is 0. The fraction of sp³-hybridized carbons (Fsp3) is 0.500. The van der Waals surface area contributed by atoms with Crippen molar-refractivity contribution in [2.45, 2.75) is 58.3 Å². The minimum Gasteiger partial charge on any atom is -0.491 e. The number of ketones is 3. The van der Waals surface area contributed by atoms with Gasteiger partial charge in [0.2, 0.25) is 0 Å². The molecule has 57 heavy (non-hydrogen) atoms. The highest BCUT2D eigenvalue weighted by atomic mass is 16.5. The van der Waals surface area contributed by atoms with E-state index in [9.17, 15) is 29.7 Å². The number of carbonyl (C=O) groups is 3. The number of carbonyl (C=O) groups excluding carboxylic acids is 3. The van der Waals surface area contributed by atoms with Gasteiger partial charge in [-0.3, -0.25) is 14.4 Å². The molecule has 0 bridgehead atoms. The Morgan fingerprint density at radius 1 is 0.386 bits per heavy atom. The second-order valence-electron chi connectivity index (χ2n) is 13.8. The van der Waals surface area contributed by atoms with Gasteiger partial charge in [0.25, 0.3) is 0 Å². The zero-order chi connectivity index (χ0) is 42.9. The van der Waals surface area contributed by atoms with E-state index < -0.39 is 16.8 Å². The molecular formula is C42H60O15. The molecule has 0 heterocycles. The van der Waals surface area contributed by atoms with Crippen LogP contribution in [0.15, 0.2) is 72.8 Å². The van der Waals surface area contributed by atoms with E-state index in [4.69, 9.17) is 43.7 Å². The highest BCUT2D eigenvalue weighted by Crippen LogP contribution is 2.19. The van der Waals surface area contributed by atoms with Gasteiger partial charge in [-0.05, 0) is 114 Å². The van der Waals surface area contributed by atoms with Crippen molar-refractivity contribution in [1.29, 1.82) is 0 Å². The van der Waals surface area contributed by atoms with Gasteiger partial charge in [-0.1, -0.05) is 0 Å². The molecule has 0 amide bonds. The van der Waals surface area contributed by atoms with Crippen LogP contribution in [0.2, 0.25) is 0 Å². The molecule has 0 saturated heterocycles. The molecule has 3 aromatic carbocycles. The van der Waals surface area contributed by atoms with Crippen LogP contribution < -0.4 is 14.2 Å². The molecule has 0 atom stereocenters. The van der Waals surface area contributed by atoms with Gasteiger partial charge < -0.3 is 59.1 Å². The van der Waals surface area contributed by atoms with Gasteiger partial charge >= 0.3 is 0 Å². The van der Waals surface area contributed by atoms with Crippen molar-refractivity contribution in [3.63, 3.8) is 0 Å². The normalized spacial score (nSPS) is 11.4. The van der Waals surface area contributed by atoms with Crippen molar-refractivity contribution < 1.29 is 73.4 Å². The highest BCUT2D eigenvalue weighted by Gasteiger charge is 2.26. The predicted octanol–water partition coefficient (Wildman–Crippen LogP) is 3.08. The monoisotopic (exact) mass is 804 g/mol. The first-order valence-electron chi connectivity index (χ1n) is 18.4. The Balaban J connectivity index is 0.000000433. The van der Waals surface area contributed by atoms with Crippen molar-refractivity contribution in [3.8, 4) is 17.2 Å². The second kappa shape index (κ2) is 26.6. The lowest BCUT2D eigenvalue weighted by Crippen LogP contribution is -2.30. The summed E-state index contributed by atoms with van der Waals surface area (Å²) in [6, 6.07) is 19.6. The van der Waals surface area contributed by atoms with E-state index in [1.165, 1.54) is 41.5 Å². The Kier molecular flexibility index (Phi) is 23.7. The Bertz CT molecular complexity index is 1550. The summed E-state index contributed by atoms with van der Waals surface area (Å²) < 4.78 is 31.4. The van der Waals surface area contributed by atoms with E-state index in [2.05, 4.69) is 0 Å². The van der Waals surface area contributed by atoms with Crippen molar-refractivity contribution in [2.75, 3.05) is 79.3 Å². The Hall–Kier alpha value is -4.29. The van der Waals surface area contributed by atoms with Crippen LogP contribution in [0.4, 0.5) is 0 Å². The van der Waals surface area contributed by atoms with Crippen LogP contribution in [0.25, 0.3) is 0 Å². The molecule has 15 nitrogen and oxygen atoms in total. The number of hydrogen-bond acceptors (Lipinski definition) is 15. The van der Waals surface area contributed by atoms with E-state index in [1.807, 2.05) is 0 Å². The SMILES string of the molecule is CC(C)(O)C(=O)c1ccc(OCCO)cc1.CC(C)(O)C(=O)c1ccc(OCCOCCO)cc1.CC(C)(O)C(=O)c1ccc(OCCOCCOCCO)cc1. The third kappa shape index (κ3) is 21.7. The average Bonchev–Trinajstić information content (AvgIpc) is 3.17. The third-order valence-electron chi connectivity index (χ3n) is 7.21. The van der Waals surface area contributed by atoms with Gasteiger partial charge in [0.1, 0.15) is 53.9 Å². The van der Waals surface area contributed by atoms with Crippen LogP contribution in [0, 0.1) is 0 Å². The fourth-order valence-corrected chi connectivity index (χ4v) is 4.32. The van der Waals surface area contributed by atoms with Crippen molar-refractivity contribution in [3.05, 3.63) is 89.5 Å². The largest absolute Gasteiger partial charge is 0.491 e. The van der Waals surface area contributed by atoms with Crippen LogP contribution in [0.3, 0.4) is 0 Å². The van der Waals surface area contributed by atoms with E-state index in [1.54, 1.807) is 72.8 Å². The quantitative estimate of drug-likeness (QED) is 0.0565. The number of Topliss-reactive ketones (excluding diaryl/α,β-unsaturated/α-hetero) is 3. The molecule has 0 fully saturated rings. The molecule has 3 rings (SSSR count). The Morgan fingerprint density at radius 2 is 0.614 bits per heavy atom.